The molecular weight excluding hydrogens is 418 g/mol. The molecule has 0 radical (unpaired) electrons. The molecule has 1 fully saturated rings. The number of aromatic nitrogens is 2. The van der Waals surface area contributed by atoms with Crippen molar-refractivity contribution < 1.29 is 23.1 Å². The van der Waals surface area contributed by atoms with E-state index in [-0.39, 0.29) is 19.0 Å². The molecule has 1 aromatic heterocycles. The largest absolute Gasteiger partial charge is 0.426 e. The molecule has 28 heavy (non-hydrogen) atoms. The fourth-order valence-electron chi connectivity index (χ4n) is 3.26. The normalized spacial score (nSPS) is 18.2. The van der Waals surface area contributed by atoms with Crippen molar-refractivity contribution in [2.24, 2.45) is 0 Å². The van der Waals surface area contributed by atoms with E-state index in [9.17, 15) is 23.1 Å². The summed E-state index contributed by atoms with van der Waals surface area (Å²) >= 11 is 12.0. The minimum atomic E-state index is -5.02. The molecule has 1 aliphatic heterocycles. The zero-order chi connectivity index (χ0) is 20.7. The van der Waals surface area contributed by atoms with Crippen LogP contribution in [-0.4, -0.2) is 50.6 Å². The van der Waals surface area contributed by atoms with Crippen LogP contribution in [0.5, 0.6) is 0 Å². The summed E-state index contributed by atoms with van der Waals surface area (Å²) in [5, 5.41) is 14.7. The summed E-state index contributed by atoms with van der Waals surface area (Å²) in [4.78, 5) is 13.2. The second-order valence-electron chi connectivity index (χ2n) is 6.90. The van der Waals surface area contributed by atoms with Crippen LogP contribution in [0.3, 0.4) is 0 Å². The van der Waals surface area contributed by atoms with Crippen LogP contribution >= 0.6 is 23.2 Å². The van der Waals surface area contributed by atoms with Crippen molar-refractivity contribution in [1.82, 2.24) is 14.7 Å². The molecule has 0 unspecified atom stereocenters. The molecule has 1 amide bonds. The van der Waals surface area contributed by atoms with Crippen molar-refractivity contribution >= 4 is 29.1 Å². The third-order valence-corrected chi connectivity index (χ3v) is 5.73. The molecule has 0 spiro atoms. The van der Waals surface area contributed by atoms with Crippen molar-refractivity contribution in [1.29, 1.82) is 0 Å². The number of piperidine rings is 1. The lowest BCUT2D eigenvalue weighted by atomic mass is 9.92. The molecule has 1 aromatic carbocycles. The third kappa shape index (κ3) is 3.86. The lowest BCUT2D eigenvalue weighted by molar-refractivity contribution is -0.250. The van der Waals surface area contributed by atoms with E-state index in [2.05, 4.69) is 5.10 Å². The molecule has 1 atom stereocenters. The van der Waals surface area contributed by atoms with Crippen LogP contribution in [0.4, 0.5) is 13.2 Å². The van der Waals surface area contributed by atoms with Gasteiger partial charge in [-0.3, -0.25) is 4.79 Å². The van der Waals surface area contributed by atoms with Crippen LogP contribution in [0.2, 0.25) is 10.0 Å². The van der Waals surface area contributed by atoms with Crippen LogP contribution in [0.15, 0.2) is 30.5 Å². The van der Waals surface area contributed by atoms with Crippen molar-refractivity contribution in [3.63, 3.8) is 0 Å². The van der Waals surface area contributed by atoms with Crippen molar-refractivity contribution in [3.05, 3.63) is 46.2 Å². The van der Waals surface area contributed by atoms with Gasteiger partial charge in [-0.15, -0.1) is 0 Å². The Bertz CT molecular complexity index is 875. The number of carbonyl (C=O) groups is 1. The van der Waals surface area contributed by atoms with Crippen LogP contribution < -0.4 is 0 Å². The van der Waals surface area contributed by atoms with Crippen LogP contribution in [0.1, 0.15) is 31.4 Å². The number of hydrogen-bond donors (Lipinski definition) is 1. The van der Waals surface area contributed by atoms with Gasteiger partial charge in [0, 0.05) is 30.9 Å². The van der Waals surface area contributed by atoms with Gasteiger partial charge in [-0.25, -0.2) is 4.68 Å². The molecule has 10 heteroatoms. The van der Waals surface area contributed by atoms with E-state index in [1.807, 2.05) is 6.07 Å². The molecule has 0 saturated carbocycles. The van der Waals surface area contributed by atoms with Gasteiger partial charge >= 0.3 is 6.18 Å². The van der Waals surface area contributed by atoms with Gasteiger partial charge in [0.15, 0.2) is 0 Å². The SMILES string of the molecule is C[C@@](O)(C(=O)N1CCC(c2ccnn2-c2ccc(Cl)c(Cl)c2)CC1)C(F)(F)F. The minimum absolute atomic E-state index is 0.00293. The maximum absolute atomic E-state index is 12.9. The summed E-state index contributed by atoms with van der Waals surface area (Å²) < 4.78 is 40.4. The zero-order valence-corrected chi connectivity index (χ0v) is 16.4. The van der Waals surface area contributed by atoms with Gasteiger partial charge in [-0.05, 0) is 44.0 Å². The highest BCUT2D eigenvalue weighted by molar-refractivity contribution is 6.42. The molecule has 5 nitrogen and oxygen atoms in total. The fraction of sp³-hybridized carbons (Fsp3) is 0.444. The molecule has 0 bridgehead atoms. The van der Waals surface area contributed by atoms with E-state index in [1.54, 1.807) is 29.1 Å². The number of alkyl halides is 3. The highest BCUT2D eigenvalue weighted by Gasteiger charge is 2.57. The summed E-state index contributed by atoms with van der Waals surface area (Å²) in [5.41, 5.74) is -1.80. The number of nitrogens with zero attached hydrogens (tertiary/aromatic N) is 3. The van der Waals surface area contributed by atoms with E-state index in [4.69, 9.17) is 23.2 Å². The second kappa shape index (κ2) is 7.57. The molecule has 0 aliphatic carbocycles. The monoisotopic (exact) mass is 435 g/mol. The van der Waals surface area contributed by atoms with Gasteiger partial charge in [-0.1, -0.05) is 23.2 Å². The van der Waals surface area contributed by atoms with Gasteiger partial charge in [0.25, 0.3) is 5.91 Å². The summed E-state index contributed by atoms with van der Waals surface area (Å²) in [6.07, 6.45) is -2.49. The molecule has 3 rings (SSSR count). The molecular formula is C18H18Cl2F3N3O2. The Morgan fingerprint density at radius 1 is 1.18 bits per heavy atom. The molecule has 1 N–H and O–H groups in total. The van der Waals surface area contributed by atoms with Gasteiger partial charge < -0.3 is 10.0 Å². The molecule has 2 aromatic rings. The van der Waals surface area contributed by atoms with Crippen molar-refractivity contribution in [2.75, 3.05) is 13.1 Å². The minimum Gasteiger partial charge on any atom is -0.373 e. The average Bonchev–Trinajstić information content (AvgIpc) is 3.12. The van der Waals surface area contributed by atoms with Crippen LogP contribution in [0, 0.1) is 0 Å². The quantitative estimate of drug-likeness (QED) is 0.785. The van der Waals surface area contributed by atoms with Gasteiger partial charge in [0.05, 0.1) is 15.7 Å². The highest BCUT2D eigenvalue weighted by Crippen LogP contribution is 2.35. The Morgan fingerprint density at radius 2 is 1.82 bits per heavy atom. The number of aliphatic hydroxyl groups is 1. The first-order chi connectivity index (χ1) is 13.0. The summed E-state index contributed by atoms with van der Waals surface area (Å²) in [5.74, 6) is -1.33. The fourth-order valence-corrected chi connectivity index (χ4v) is 3.55. The third-order valence-electron chi connectivity index (χ3n) is 4.99. The lowest BCUT2D eigenvalue weighted by Crippen LogP contribution is -2.57. The predicted molar refractivity (Wildman–Crippen MR) is 98.8 cm³/mol. The Balaban J connectivity index is 1.74. The first-order valence-corrected chi connectivity index (χ1v) is 9.36. The maximum Gasteiger partial charge on any atom is 0.426 e. The summed E-state index contributed by atoms with van der Waals surface area (Å²) in [6.45, 7) is 0.714. The van der Waals surface area contributed by atoms with E-state index in [1.165, 1.54) is 0 Å². The standard InChI is InChI=1S/C18H18Cl2F3N3O2/c1-17(28,18(21,22)23)16(27)25-8-5-11(6-9-25)15-4-7-24-26(15)12-2-3-13(19)14(20)10-12/h2-4,7,10-11,28H,5-6,8-9H2,1H3/t17-/m1/s1. The first-order valence-electron chi connectivity index (χ1n) is 8.60. The predicted octanol–water partition coefficient (Wildman–Crippen LogP) is 4.20. The van der Waals surface area contributed by atoms with Crippen LogP contribution in [-0.2, 0) is 4.79 Å². The van der Waals surface area contributed by atoms with E-state index in [0.717, 1.165) is 10.6 Å². The number of hydrogen-bond acceptors (Lipinski definition) is 3. The number of halogens is 5. The highest BCUT2D eigenvalue weighted by atomic mass is 35.5. The Hall–Kier alpha value is -1.77. The van der Waals surface area contributed by atoms with Crippen molar-refractivity contribution in [2.45, 2.75) is 37.5 Å². The Labute approximate surface area is 169 Å². The number of amides is 1. The summed E-state index contributed by atoms with van der Waals surface area (Å²) in [7, 11) is 0. The lowest BCUT2D eigenvalue weighted by Gasteiger charge is -2.36. The van der Waals surface area contributed by atoms with E-state index >= 15 is 0 Å². The Kier molecular flexibility index (Phi) is 5.67. The molecule has 1 aliphatic rings. The van der Waals surface area contributed by atoms with Crippen molar-refractivity contribution in [3.8, 4) is 5.69 Å². The first kappa shape index (κ1) is 21.0. The molecule has 152 valence electrons. The molecule has 2 heterocycles. The number of benzene rings is 1. The summed E-state index contributed by atoms with van der Waals surface area (Å²) in [6, 6.07) is 6.94. The topological polar surface area (TPSA) is 58.4 Å². The Morgan fingerprint density at radius 3 is 2.39 bits per heavy atom. The number of carbonyl (C=O) groups excluding carboxylic acids is 1. The van der Waals surface area contributed by atoms with Crippen LogP contribution in [0.25, 0.3) is 5.69 Å². The zero-order valence-electron chi connectivity index (χ0n) is 14.9. The maximum atomic E-state index is 12.9. The van der Waals surface area contributed by atoms with E-state index < -0.39 is 17.7 Å². The van der Waals surface area contributed by atoms with Gasteiger partial charge in [0.1, 0.15) is 0 Å². The number of likely N-dealkylation sites (tertiary alicyclic amines) is 1. The van der Waals surface area contributed by atoms with Gasteiger partial charge in [0.2, 0.25) is 5.60 Å². The average molecular weight is 436 g/mol. The number of rotatable bonds is 3. The van der Waals surface area contributed by atoms with E-state index in [0.29, 0.717) is 35.5 Å². The second-order valence-corrected chi connectivity index (χ2v) is 7.72. The smallest absolute Gasteiger partial charge is 0.373 e. The molecule has 1 saturated heterocycles. The van der Waals surface area contributed by atoms with Gasteiger partial charge in [-0.2, -0.15) is 18.3 Å².